The van der Waals surface area contributed by atoms with E-state index in [1.54, 1.807) is 30.3 Å². The first-order chi connectivity index (χ1) is 21.0. The van der Waals surface area contributed by atoms with Crippen LogP contribution in [0.2, 0.25) is 0 Å². The summed E-state index contributed by atoms with van der Waals surface area (Å²) in [6.45, 7) is 4.19. The molecule has 3 aromatic carbocycles. The molecule has 2 aliphatic rings. The zero-order chi connectivity index (χ0) is 30.2. The van der Waals surface area contributed by atoms with Crippen LogP contribution in [0.1, 0.15) is 102 Å². The van der Waals surface area contributed by atoms with Crippen LogP contribution in [0.15, 0.2) is 72.8 Å². The Morgan fingerprint density at radius 2 is 1.47 bits per heavy atom. The quantitative estimate of drug-likeness (QED) is 0.155. The van der Waals surface area contributed by atoms with E-state index in [0.717, 1.165) is 53.7 Å². The lowest BCUT2D eigenvalue weighted by Crippen LogP contribution is -2.23. The summed E-state index contributed by atoms with van der Waals surface area (Å²) in [5.74, 6) is 0.725. The molecule has 0 aromatic heterocycles. The van der Waals surface area contributed by atoms with E-state index in [1.165, 1.54) is 51.4 Å². The molecule has 5 rings (SSSR count). The lowest BCUT2D eigenvalue weighted by atomic mass is 9.70. The summed E-state index contributed by atoms with van der Waals surface area (Å²) in [6.07, 6.45) is 21.5. The second-order valence-electron chi connectivity index (χ2n) is 12.8. The van der Waals surface area contributed by atoms with Crippen molar-refractivity contribution < 1.29 is 13.2 Å². The molecule has 1 saturated carbocycles. The molecule has 0 saturated heterocycles. The minimum atomic E-state index is -0.820. The molecule has 0 heterocycles. The monoisotopic (exact) mass is 584 g/mol. The molecule has 0 N–H and O–H groups in total. The van der Waals surface area contributed by atoms with Gasteiger partial charge in [-0.3, -0.25) is 0 Å². The van der Waals surface area contributed by atoms with Crippen LogP contribution in [-0.4, -0.2) is 0 Å². The highest BCUT2D eigenvalue weighted by Gasteiger charge is 2.29. The van der Waals surface area contributed by atoms with Gasteiger partial charge in [0, 0.05) is 11.1 Å². The Hall–Kier alpha value is -3.07. The van der Waals surface area contributed by atoms with E-state index in [1.807, 2.05) is 43.3 Å². The molecule has 0 radical (unpaired) electrons. The number of aryl methyl sites for hydroxylation is 1. The van der Waals surface area contributed by atoms with Crippen molar-refractivity contribution in [2.75, 3.05) is 0 Å². The molecular formula is C40H47F3. The maximum atomic E-state index is 15.4. The molecule has 3 aromatic rings. The summed E-state index contributed by atoms with van der Waals surface area (Å²) < 4.78 is 45.0. The first-order valence-electron chi connectivity index (χ1n) is 16.7. The van der Waals surface area contributed by atoms with Gasteiger partial charge >= 0.3 is 0 Å². The highest BCUT2D eigenvalue weighted by molar-refractivity contribution is 5.74. The number of hydrogen-bond donors (Lipinski definition) is 0. The first kappa shape index (κ1) is 31.4. The van der Waals surface area contributed by atoms with E-state index >= 15 is 4.39 Å². The van der Waals surface area contributed by atoms with Crippen molar-refractivity contribution in [2.24, 2.45) is 17.8 Å². The van der Waals surface area contributed by atoms with Crippen LogP contribution < -0.4 is 0 Å². The summed E-state index contributed by atoms with van der Waals surface area (Å²) in [4.78, 5) is 0. The van der Waals surface area contributed by atoms with Crippen LogP contribution in [0.4, 0.5) is 13.2 Å². The minimum absolute atomic E-state index is 0.194. The van der Waals surface area contributed by atoms with Crippen LogP contribution in [0.3, 0.4) is 0 Å². The van der Waals surface area contributed by atoms with Crippen molar-refractivity contribution in [3.63, 3.8) is 0 Å². The largest absolute Gasteiger partial charge is 0.206 e. The van der Waals surface area contributed by atoms with Gasteiger partial charge in [0.2, 0.25) is 0 Å². The molecule has 1 unspecified atom stereocenters. The predicted molar refractivity (Wildman–Crippen MR) is 175 cm³/mol. The number of hydrogen-bond acceptors (Lipinski definition) is 0. The SMILES string of the molecule is CC=CCCc1ccc(-c2ccc(-c3ccc(C4=CCC(C5CCC(CCCCC)CC5)CC4)c(F)c3)cc2)c(F)c1F. The minimum Gasteiger partial charge on any atom is -0.206 e. The standard InChI is InChI=1S/C40H47F3/c1-3-5-7-9-28-11-13-29(14-12-28)30-15-19-32(20-16-30)36-25-24-35(27-38(36)41)31-17-21-33(22-18-31)37-26-23-34(10-8-6-4-2)39(42)40(37)43/h4,6,17-19,21-30H,3,5,7-16,20H2,1-2H3. The van der Waals surface area contributed by atoms with Gasteiger partial charge in [0.1, 0.15) is 5.82 Å². The topological polar surface area (TPSA) is 0 Å². The van der Waals surface area contributed by atoms with Gasteiger partial charge in [-0.2, -0.15) is 0 Å². The van der Waals surface area contributed by atoms with Crippen molar-refractivity contribution in [1.82, 2.24) is 0 Å². The zero-order valence-electron chi connectivity index (χ0n) is 26.0. The Morgan fingerprint density at radius 3 is 2.14 bits per heavy atom. The number of allylic oxidation sites excluding steroid dienone is 4. The molecule has 2 aliphatic carbocycles. The van der Waals surface area contributed by atoms with E-state index in [-0.39, 0.29) is 11.4 Å². The van der Waals surface area contributed by atoms with Gasteiger partial charge < -0.3 is 0 Å². The molecule has 1 fully saturated rings. The fourth-order valence-electron chi connectivity index (χ4n) is 7.37. The predicted octanol–water partition coefficient (Wildman–Crippen LogP) is 12.5. The Balaban J connectivity index is 1.20. The van der Waals surface area contributed by atoms with Gasteiger partial charge in [0.15, 0.2) is 11.6 Å². The van der Waals surface area contributed by atoms with Crippen molar-refractivity contribution in [1.29, 1.82) is 0 Å². The van der Waals surface area contributed by atoms with Crippen molar-refractivity contribution >= 4 is 5.57 Å². The van der Waals surface area contributed by atoms with E-state index in [2.05, 4.69) is 13.0 Å². The number of unbranched alkanes of at least 4 members (excludes halogenated alkanes) is 2. The van der Waals surface area contributed by atoms with Crippen LogP contribution in [0.5, 0.6) is 0 Å². The summed E-state index contributed by atoms with van der Waals surface area (Å²) in [7, 11) is 0. The van der Waals surface area contributed by atoms with E-state index in [4.69, 9.17) is 0 Å². The van der Waals surface area contributed by atoms with Crippen LogP contribution >= 0.6 is 0 Å². The third kappa shape index (κ3) is 7.72. The molecular weight excluding hydrogens is 537 g/mol. The lowest BCUT2D eigenvalue weighted by molar-refractivity contribution is 0.187. The Bertz CT molecular complexity index is 1410. The smallest absolute Gasteiger partial charge is 0.166 e. The number of benzene rings is 3. The van der Waals surface area contributed by atoms with Crippen LogP contribution in [0, 0.1) is 35.2 Å². The molecule has 0 amide bonds. The number of rotatable bonds is 11. The normalized spacial score (nSPS) is 20.9. The zero-order valence-corrected chi connectivity index (χ0v) is 26.0. The third-order valence-electron chi connectivity index (χ3n) is 10.0. The maximum Gasteiger partial charge on any atom is 0.166 e. The second kappa shape index (κ2) is 15.1. The lowest BCUT2D eigenvalue weighted by Gasteiger charge is -2.35. The Labute approximate surface area is 257 Å². The molecule has 43 heavy (non-hydrogen) atoms. The fraction of sp³-hybridized carbons (Fsp3) is 0.450. The summed E-state index contributed by atoms with van der Waals surface area (Å²) in [5, 5.41) is 0. The fourth-order valence-corrected chi connectivity index (χ4v) is 7.37. The van der Waals surface area contributed by atoms with E-state index < -0.39 is 11.6 Å². The molecule has 228 valence electrons. The van der Waals surface area contributed by atoms with Crippen molar-refractivity contribution in [2.45, 2.75) is 97.3 Å². The van der Waals surface area contributed by atoms with Gasteiger partial charge in [0.05, 0.1) is 0 Å². The highest BCUT2D eigenvalue weighted by Crippen LogP contribution is 2.43. The molecule has 0 aliphatic heterocycles. The highest BCUT2D eigenvalue weighted by atomic mass is 19.2. The van der Waals surface area contributed by atoms with E-state index in [0.29, 0.717) is 29.5 Å². The van der Waals surface area contributed by atoms with Gasteiger partial charge in [0.25, 0.3) is 0 Å². The molecule has 0 bridgehead atoms. The van der Waals surface area contributed by atoms with Crippen LogP contribution in [0.25, 0.3) is 27.8 Å². The Kier molecular flexibility index (Phi) is 11.0. The van der Waals surface area contributed by atoms with Gasteiger partial charge in [-0.05, 0) is 104 Å². The summed E-state index contributed by atoms with van der Waals surface area (Å²) >= 11 is 0. The molecule has 1 atom stereocenters. The van der Waals surface area contributed by atoms with Gasteiger partial charge in [-0.15, -0.1) is 0 Å². The summed E-state index contributed by atoms with van der Waals surface area (Å²) in [6, 6.07) is 16.1. The van der Waals surface area contributed by atoms with Crippen LogP contribution in [-0.2, 0) is 6.42 Å². The second-order valence-corrected chi connectivity index (χ2v) is 12.8. The van der Waals surface area contributed by atoms with Gasteiger partial charge in [-0.1, -0.05) is 112 Å². The van der Waals surface area contributed by atoms with Crippen molar-refractivity contribution in [3.8, 4) is 22.3 Å². The molecule has 0 nitrogen and oxygen atoms in total. The molecule has 3 heteroatoms. The molecule has 0 spiro atoms. The van der Waals surface area contributed by atoms with Gasteiger partial charge in [-0.25, -0.2) is 13.2 Å². The average molecular weight is 585 g/mol. The Morgan fingerprint density at radius 1 is 0.744 bits per heavy atom. The first-order valence-corrected chi connectivity index (χ1v) is 16.7. The van der Waals surface area contributed by atoms with E-state index in [9.17, 15) is 8.78 Å². The summed E-state index contributed by atoms with van der Waals surface area (Å²) in [5.41, 5.74) is 4.70. The maximum absolute atomic E-state index is 15.4. The number of halogens is 3. The third-order valence-corrected chi connectivity index (χ3v) is 10.0. The van der Waals surface area contributed by atoms with Crippen molar-refractivity contribution in [3.05, 3.63) is 101 Å². The average Bonchev–Trinajstić information content (AvgIpc) is 3.04.